The minimum absolute atomic E-state index is 0.566. The zero-order chi connectivity index (χ0) is 16.1. The number of nitrogens with zero attached hydrogens (tertiary/aromatic N) is 3. The first-order valence-electron chi connectivity index (χ1n) is 7.03. The van der Waals surface area contributed by atoms with E-state index in [0.29, 0.717) is 6.54 Å². The van der Waals surface area contributed by atoms with Gasteiger partial charge in [0, 0.05) is 21.6 Å². The second kappa shape index (κ2) is 7.39. The first kappa shape index (κ1) is 15.7. The molecule has 2 aromatic heterocycles. The lowest BCUT2D eigenvalue weighted by Crippen LogP contribution is -2.12. The molecule has 0 bridgehead atoms. The molecule has 4 nitrogen and oxygen atoms in total. The van der Waals surface area contributed by atoms with Crippen LogP contribution in [0.1, 0.15) is 5.69 Å². The highest BCUT2D eigenvalue weighted by molar-refractivity contribution is 9.10. The van der Waals surface area contributed by atoms with Gasteiger partial charge < -0.3 is 4.98 Å². The van der Waals surface area contributed by atoms with Crippen molar-refractivity contribution >= 4 is 33.5 Å². The number of aromatic amines is 1. The van der Waals surface area contributed by atoms with Crippen molar-refractivity contribution < 1.29 is 0 Å². The van der Waals surface area contributed by atoms with E-state index in [1.54, 1.807) is 23.6 Å². The summed E-state index contributed by atoms with van der Waals surface area (Å²) in [5, 5.41) is 6.66. The van der Waals surface area contributed by atoms with E-state index in [9.17, 15) is 0 Å². The van der Waals surface area contributed by atoms with Gasteiger partial charge in [-0.15, -0.1) is 17.9 Å². The van der Waals surface area contributed by atoms with Gasteiger partial charge in [0.15, 0.2) is 0 Å². The lowest BCUT2D eigenvalue weighted by atomic mass is 10.2. The molecule has 1 N–H and O–H groups in total. The number of hydrogen-bond donors (Lipinski definition) is 1. The molecule has 116 valence electrons. The molecule has 0 aliphatic carbocycles. The summed E-state index contributed by atoms with van der Waals surface area (Å²) in [6, 6.07) is 12.1. The zero-order valence-corrected chi connectivity index (χ0v) is 14.7. The maximum Gasteiger partial charge on any atom is 0.206 e. The van der Waals surface area contributed by atoms with Gasteiger partial charge in [-0.1, -0.05) is 34.1 Å². The minimum Gasteiger partial charge on any atom is -0.360 e. The van der Waals surface area contributed by atoms with Crippen molar-refractivity contribution in [3.05, 3.63) is 75.6 Å². The fourth-order valence-corrected chi connectivity index (χ4v) is 3.30. The van der Waals surface area contributed by atoms with Crippen LogP contribution in [0.5, 0.6) is 0 Å². The van der Waals surface area contributed by atoms with Crippen LogP contribution in [0.15, 0.2) is 75.2 Å². The van der Waals surface area contributed by atoms with Crippen molar-refractivity contribution in [2.75, 3.05) is 6.54 Å². The molecule has 0 aliphatic heterocycles. The predicted octanol–water partition coefficient (Wildman–Crippen LogP) is 4.28. The molecule has 0 atom stereocenters. The number of aromatic nitrogens is 2. The molecule has 3 rings (SSSR count). The minimum atomic E-state index is 0.566. The van der Waals surface area contributed by atoms with Crippen LogP contribution in [-0.4, -0.2) is 22.4 Å². The van der Waals surface area contributed by atoms with E-state index in [2.05, 4.69) is 55.1 Å². The molecule has 0 saturated heterocycles. The van der Waals surface area contributed by atoms with E-state index in [4.69, 9.17) is 0 Å². The van der Waals surface area contributed by atoms with Crippen molar-refractivity contribution in [2.45, 2.75) is 0 Å². The Labute approximate surface area is 146 Å². The molecule has 0 spiro atoms. The number of H-pyrrole nitrogens is 1. The zero-order valence-electron chi connectivity index (χ0n) is 12.3. The summed E-state index contributed by atoms with van der Waals surface area (Å²) in [5.41, 5.74) is 3.03. The molecule has 0 unspecified atom stereocenters. The average molecular weight is 387 g/mol. The van der Waals surface area contributed by atoms with Gasteiger partial charge in [0.2, 0.25) is 4.80 Å². The molecule has 1 aromatic carbocycles. The van der Waals surface area contributed by atoms with Gasteiger partial charge in [0.25, 0.3) is 0 Å². The number of hydrogen-bond acceptors (Lipinski definition) is 3. The molecular formula is C17H15BrN4S. The van der Waals surface area contributed by atoms with Crippen LogP contribution in [0.25, 0.3) is 11.3 Å². The Kier molecular flexibility index (Phi) is 5.05. The Morgan fingerprint density at radius 2 is 2.22 bits per heavy atom. The molecule has 6 heteroatoms. The van der Waals surface area contributed by atoms with Crippen LogP contribution in [0.4, 0.5) is 0 Å². The standard InChI is InChI=1S/C17H15BrN4S/c1-2-8-20-17-22(21-11-15-7-4-9-19-15)16(12-23-17)13-5-3-6-14(18)10-13/h2-7,9-12,19H,1,8H2. The first-order valence-corrected chi connectivity index (χ1v) is 8.71. The first-order chi connectivity index (χ1) is 11.3. The summed E-state index contributed by atoms with van der Waals surface area (Å²) in [6.45, 7) is 4.29. The van der Waals surface area contributed by atoms with Crippen molar-refractivity contribution in [2.24, 2.45) is 10.1 Å². The van der Waals surface area contributed by atoms with Crippen molar-refractivity contribution in [3.8, 4) is 11.3 Å². The van der Waals surface area contributed by atoms with Gasteiger partial charge in [-0.3, -0.25) is 4.99 Å². The van der Waals surface area contributed by atoms with Crippen LogP contribution >= 0.6 is 27.3 Å². The van der Waals surface area contributed by atoms with Gasteiger partial charge >= 0.3 is 0 Å². The number of nitrogens with one attached hydrogen (secondary N) is 1. The fourth-order valence-electron chi connectivity index (χ4n) is 2.05. The van der Waals surface area contributed by atoms with Crippen LogP contribution < -0.4 is 4.80 Å². The summed E-state index contributed by atoms with van der Waals surface area (Å²) in [6.07, 6.45) is 5.44. The molecule has 2 heterocycles. The summed E-state index contributed by atoms with van der Waals surface area (Å²) in [5.74, 6) is 0. The van der Waals surface area contributed by atoms with E-state index < -0.39 is 0 Å². The number of thiazole rings is 1. The van der Waals surface area contributed by atoms with E-state index in [1.807, 2.05) is 35.1 Å². The van der Waals surface area contributed by atoms with Gasteiger partial charge in [-0.25, -0.2) is 4.68 Å². The second-order valence-corrected chi connectivity index (χ2v) is 6.48. The molecule has 3 aromatic rings. The van der Waals surface area contributed by atoms with Crippen LogP contribution in [0.2, 0.25) is 0 Å². The highest BCUT2D eigenvalue weighted by Gasteiger charge is 2.07. The summed E-state index contributed by atoms with van der Waals surface area (Å²) >= 11 is 5.08. The molecule has 0 radical (unpaired) electrons. The topological polar surface area (TPSA) is 45.4 Å². The molecule has 23 heavy (non-hydrogen) atoms. The summed E-state index contributed by atoms with van der Waals surface area (Å²) in [7, 11) is 0. The van der Waals surface area contributed by atoms with Crippen LogP contribution in [-0.2, 0) is 0 Å². The lowest BCUT2D eigenvalue weighted by Gasteiger charge is -2.03. The quantitative estimate of drug-likeness (QED) is 0.502. The average Bonchev–Trinajstić information content (AvgIpc) is 3.20. The van der Waals surface area contributed by atoms with E-state index in [0.717, 1.165) is 26.2 Å². The summed E-state index contributed by atoms with van der Waals surface area (Å²) in [4.78, 5) is 8.47. The maximum absolute atomic E-state index is 4.60. The third kappa shape index (κ3) is 3.78. The van der Waals surface area contributed by atoms with Gasteiger partial charge in [-0.2, -0.15) is 5.10 Å². The number of benzene rings is 1. The van der Waals surface area contributed by atoms with E-state index >= 15 is 0 Å². The molecule has 0 amide bonds. The SMILES string of the molecule is C=CCN=c1scc(-c2cccc(Br)c2)n1N=Cc1ccc[nH]1. The normalized spacial score (nSPS) is 12.1. The molecular weight excluding hydrogens is 372 g/mol. The second-order valence-electron chi connectivity index (χ2n) is 4.73. The number of halogens is 1. The van der Waals surface area contributed by atoms with Gasteiger partial charge in [-0.05, 0) is 24.3 Å². The Morgan fingerprint density at radius 3 is 2.96 bits per heavy atom. The highest BCUT2D eigenvalue weighted by atomic mass is 79.9. The van der Waals surface area contributed by atoms with E-state index in [1.165, 1.54) is 0 Å². The highest BCUT2D eigenvalue weighted by Crippen LogP contribution is 2.23. The maximum atomic E-state index is 4.60. The summed E-state index contributed by atoms with van der Waals surface area (Å²) < 4.78 is 2.89. The van der Waals surface area contributed by atoms with Crippen molar-refractivity contribution in [1.29, 1.82) is 0 Å². The lowest BCUT2D eigenvalue weighted by molar-refractivity contribution is 0.840. The number of rotatable bonds is 5. The van der Waals surface area contributed by atoms with Crippen LogP contribution in [0.3, 0.4) is 0 Å². The monoisotopic (exact) mass is 386 g/mol. The Balaban J connectivity index is 2.09. The molecule has 0 aliphatic rings. The molecule has 0 fully saturated rings. The van der Waals surface area contributed by atoms with Crippen molar-refractivity contribution in [3.63, 3.8) is 0 Å². The fraction of sp³-hybridized carbons (Fsp3) is 0.0588. The van der Waals surface area contributed by atoms with Gasteiger partial charge in [0.05, 0.1) is 24.1 Å². The molecule has 0 saturated carbocycles. The van der Waals surface area contributed by atoms with Crippen molar-refractivity contribution in [1.82, 2.24) is 9.66 Å². The Hall–Kier alpha value is -2.18. The third-order valence-corrected chi connectivity index (χ3v) is 4.44. The van der Waals surface area contributed by atoms with Gasteiger partial charge in [0.1, 0.15) is 0 Å². The predicted molar refractivity (Wildman–Crippen MR) is 99.9 cm³/mol. The Morgan fingerprint density at radius 1 is 1.30 bits per heavy atom. The smallest absolute Gasteiger partial charge is 0.206 e. The third-order valence-electron chi connectivity index (χ3n) is 3.10. The Bertz CT molecular complexity index is 887. The largest absolute Gasteiger partial charge is 0.360 e. The van der Waals surface area contributed by atoms with Crippen LogP contribution in [0, 0.1) is 0 Å². The van der Waals surface area contributed by atoms with E-state index in [-0.39, 0.29) is 0 Å².